The van der Waals surface area contributed by atoms with Crippen LogP contribution < -0.4 is 0 Å². The summed E-state index contributed by atoms with van der Waals surface area (Å²) in [6.07, 6.45) is 0.691. The molecule has 8 nitrogen and oxygen atoms in total. The Hall–Kier alpha value is -1.43. The Morgan fingerprint density at radius 3 is 2.48 bits per heavy atom. The minimum Gasteiger partial charge on any atom is -0.475 e. The zero-order valence-corrected chi connectivity index (χ0v) is 18.0. The van der Waals surface area contributed by atoms with Crippen LogP contribution in [0.25, 0.3) is 0 Å². The molecule has 3 aliphatic heterocycles. The fraction of sp³-hybridized carbons (Fsp3) is 0.900. The molecule has 3 fully saturated rings. The Labute approximate surface area is 180 Å². The lowest BCUT2D eigenvalue weighted by Crippen LogP contribution is -2.57. The quantitative estimate of drug-likeness (QED) is 0.627. The van der Waals surface area contributed by atoms with Gasteiger partial charge in [-0.15, -0.1) is 0 Å². The highest BCUT2D eigenvalue weighted by atomic mass is 19.4. The Morgan fingerprint density at radius 2 is 1.87 bits per heavy atom. The van der Waals surface area contributed by atoms with Crippen LogP contribution in [0.15, 0.2) is 0 Å². The summed E-state index contributed by atoms with van der Waals surface area (Å²) in [4.78, 5) is 25.5. The Balaban J connectivity index is 0.000000423. The van der Waals surface area contributed by atoms with Crippen molar-refractivity contribution >= 4 is 11.9 Å². The molecule has 11 heteroatoms. The molecule has 2 atom stereocenters. The number of carbonyl (C=O) groups is 2. The molecule has 0 radical (unpaired) electrons. The maximum atomic E-state index is 12.2. The van der Waals surface area contributed by atoms with Gasteiger partial charge in [0.15, 0.2) is 0 Å². The van der Waals surface area contributed by atoms with Gasteiger partial charge >= 0.3 is 12.1 Å². The van der Waals surface area contributed by atoms with Crippen molar-refractivity contribution in [3.63, 3.8) is 0 Å². The highest BCUT2D eigenvalue weighted by molar-refractivity contribution is 5.77. The summed E-state index contributed by atoms with van der Waals surface area (Å²) in [6, 6.07) is 0. The third-order valence-electron chi connectivity index (χ3n) is 6.00. The fourth-order valence-electron chi connectivity index (χ4n) is 4.40. The molecule has 0 aromatic rings. The number of ether oxygens (including phenoxy) is 3. The number of carbonyl (C=O) groups excluding carboxylic acids is 1. The van der Waals surface area contributed by atoms with E-state index >= 15 is 0 Å². The topological polar surface area (TPSA) is 88.5 Å². The van der Waals surface area contributed by atoms with Gasteiger partial charge in [0.1, 0.15) is 6.61 Å². The van der Waals surface area contributed by atoms with Crippen molar-refractivity contribution in [3.8, 4) is 0 Å². The van der Waals surface area contributed by atoms with Gasteiger partial charge in [-0.25, -0.2) is 4.79 Å². The zero-order valence-electron chi connectivity index (χ0n) is 18.0. The number of halogens is 3. The van der Waals surface area contributed by atoms with E-state index < -0.39 is 12.1 Å². The summed E-state index contributed by atoms with van der Waals surface area (Å²) < 4.78 is 49.0. The molecule has 1 amide bonds. The lowest BCUT2D eigenvalue weighted by molar-refractivity contribution is -0.192. The average molecular weight is 454 g/mol. The molecule has 3 saturated heterocycles. The van der Waals surface area contributed by atoms with E-state index in [1.807, 2.05) is 4.90 Å². The molecule has 3 rings (SSSR count). The number of methoxy groups -OCH3 is 1. The number of alkyl halides is 3. The van der Waals surface area contributed by atoms with E-state index in [9.17, 15) is 18.0 Å². The van der Waals surface area contributed by atoms with Crippen molar-refractivity contribution in [2.24, 2.45) is 5.41 Å². The SMILES string of the molecule is COCCN1CCC2OCCCC2(COCC(=O)N2CCCC2)C1.O=C(O)C(F)(F)F. The number of fused-ring (bicyclic) bond motifs is 1. The highest BCUT2D eigenvalue weighted by Gasteiger charge is 2.46. The largest absolute Gasteiger partial charge is 0.490 e. The second kappa shape index (κ2) is 12.0. The summed E-state index contributed by atoms with van der Waals surface area (Å²) in [6.45, 7) is 7.24. The third-order valence-corrected chi connectivity index (χ3v) is 6.00. The second-order valence-corrected chi connectivity index (χ2v) is 8.27. The maximum absolute atomic E-state index is 12.2. The van der Waals surface area contributed by atoms with Crippen molar-refractivity contribution in [1.29, 1.82) is 0 Å². The Kier molecular flexibility index (Phi) is 9.98. The summed E-state index contributed by atoms with van der Waals surface area (Å²) >= 11 is 0. The number of carboxylic acids is 1. The standard InChI is InChI=1S/C18H32N2O4.C2HF3O2/c1-22-12-10-19-9-5-16-18(14-19,6-4-11-24-16)15-23-13-17(21)20-7-2-3-8-20;3-2(4,5)1(6)7/h16H,2-15H2,1H3;(H,6,7). The predicted molar refractivity (Wildman–Crippen MR) is 105 cm³/mol. The number of hydrogen-bond acceptors (Lipinski definition) is 6. The summed E-state index contributed by atoms with van der Waals surface area (Å²) in [5.41, 5.74) is 0.0372. The van der Waals surface area contributed by atoms with Crippen LogP contribution in [0.5, 0.6) is 0 Å². The van der Waals surface area contributed by atoms with Crippen LogP contribution in [0.1, 0.15) is 32.1 Å². The Bertz CT molecular complexity index is 586. The normalized spacial score (nSPS) is 26.7. The van der Waals surface area contributed by atoms with E-state index in [1.54, 1.807) is 7.11 Å². The second-order valence-electron chi connectivity index (χ2n) is 8.27. The maximum Gasteiger partial charge on any atom is 0.490 e. The molecule has 0 bridgehead atoms. The van der Waals surface area contributed by atoms with Gasteiger partial charge < -0.3 is 29.1 Å². The van der Waals surface area contributed by atoms with Gasteiger partial charge in [0, 0.05) is 51.9 Å². The van der Waals surface area contributed by atoms with Crippen molar-refractivity contribution in [2.75, 3.05) is 66.3 Å². The van der Waals surface area contributed by atoms with Crippen LogP contribution in [-0.2, 0) is 23.8 Å². The molecule has 1 N–H and O–H groups in total. The van der Waals surface area contributed by atoms with Gasteiger partial charge in [0.25, 0.3) is 0 Å². The third kappa shape index (κ3) is 7.89. The van der Waals surface area contributed by atoms with Gasteiger partial charge in [-0.1, -0.05) is 0 Å². The van der Waals surface area contributed by atoms with Crippen LogP contribution in [0.4, 0.5) is 13.2 Å². The first kappa shape index (κ1) is 25.8. The van der Waals surface area contributed by atoms with Gasteiger partial charge in [-0.05, 0) is 32.1 Å². The van der Waals surface area contributed by atoms with E-state index in [1.165, 1.54) is 0 Å². The number of carboxylic acid groups (broad SMARTS) is 1. The van der Waals surface area contributed by atoms with E-state index in [4.69, 9.17) is 24.1 Å². The molecule has 0 aromatic heterocycles. The van der Waals surface area contributed by atoms with Crippen LogP contribution in [0.2, 0.25) is 0 Å². The molecule has 0 spiro atoms. The summed E-state index contributed by atoms with van der Waals surface area (Å²) in [7, 11) is 1.75. The number of nitrogens with zero attached hydrogens (tertiary/aromatic N) is 2. The monoisotopic (exact) mass is 454 g/mol. The van der Waals surface area contributed by atoms with E-state index in [0.717, 1.165) is 78.0 Å². The van der Waals surface area contributed by atoms with E-state index in [0.29, 0.717) is 6.61 Å². The van der Waals surface area contributed by atoms with Crippen LogP contribution >= 0.6 is 0 Å². The number of likely N-dealkylation sites (tertiary alicyclic amines) is 2. The molecule has 0 aromatic carbocycles. The highest BCUT2D eigenvalue weighted by Crippen LogP contribution is 2.40. The van der Waals surface area contributed by atoms with Crippen molar-refractivity contribution in [2.45, 2.75) is 44.4 Å². The number of aliphatic carboxylic acids is 1. The number of piperidine rings is 1. The summed E-state index contributed by atoms with van der Waals surface area (Å²) in [5.74, 6) is -2.61. The molecule has 3 aliphatic rings. The smallest absolute Gasteiger partial charge is 0.475 e. The molecule has 0 aliphatic carbocycles. The van der Waals surface area contributed by atoms with E-state index in [-0.39, 0.29) is 24.0 Å². The molecule has 0 saturated carbocycles. The number of amides is 1. The van der Waals surface area contributed by atoms with Gasteiger partial charge in [-0.3, -0.25) is 4.79 Å². The minimum atomic E-state index is -5.08. The van der Waals surface area contributed by atoms with Crippen molar-refractivity contribution in [1.82, 2.24) is 9.80 Å². The Morgan fingerprint density at radius 1 is 1.19 bits per heavy atom. The molecule has 2 unspecified atom stereocenters. The molecule has 180 valence electrons. The van der Waals surface area contributed by atoms with Crippen molar-refractivity contribution < 1.29 is 42.1 Å². The lowest BCUT2D eigenvalue weighted by atomic mass is 9.73. The molecule has 3 heterocycles. The predicted octanol–water partition coefficient (Wildman–Crippen LogP) is 1.78. The first-order valence-electron chi connectivity index (χ1n) is 10.7. The minimum absolute atomic E-state index is 0.0372. The van der Waals surface area contributed by atoms with Gasteiger partial charge in [0.05, 0.1) is 19.3 Å². The zero-order chi connectivity index (χ0) is 22.9. The molecule has 31 heavy (non-hydrogen) atoms. The fourth-order valence-corrected chi connectivity index (χ4v) is 4.40. The van der Waals surface area contributed by atoms with Crippen LogP contribution in [0, 0.1) is 5.41 Å². The number of rotatable bonds is 7. The van der Waals surface area contributed by atoms with Gasteiger partial charge in [0.2, 0.25) is 5.91 Å². The van der Waals surface area contributed by atoms with E-state index in [2.05, 4.69) is 4.90 Å². The van der Waals surface area contributed by atoms with Crippen LogP contribution in [0.3, 0.4) is 0 Å². The average Bonchev–Trinajstić information content (AvgIpc) is 3.26. The van der Waals surface area contributed by atoms with Crippen molar-refractivity contribution in [3.05, 3.63) is 0 Å². The van der Waals surface area contributed by atoms with Crippen LogP contribution in [-0.4, -0.2) is 105 Å². The molecular weight excluding hydrogens is 421 g/mol. The lowest BCUT2D eigenvalue weighted by Gasteiger charge is -2.50. The number of hydrogen-bond donors (Lipinski definition) is 1. The first-order valence-corrected chi connectivity index (χ1v) is 10.7. The summed E-state index contributed by atoms with van der Waals surface area (Å²) in [5, 5.41) is 7.12. The van der Waals surface area contributed by atoms with Gasteiger partial charge in [-0.2, -0.15) is 13.2 Å². The molecular formula is C20H33F3N2O6. The first-order chi connectivity index (χ1) is 14.7.